The molecule has 1 N–H and O–H groups in total. The molecule has 2 aromatic rings. The van der Waals surface area contributed by atoms with Gasteiger partial charge in [0.05, 0.1) is 5.71 Å². The maximum absolute atomic E-state index is 11.6. The molecular weight excluding hydrogens is 296 g/mol. The van der Waals surface area contributed by atoms with Crippen molar-refractivity contribution in [3.05, 3.63) is 51.7 Å². The average molecular weight is 309 g/mol. The van der Waals surface area contributed by atoms with Crippen LogP contribution in [0.15, 0.2) is 46.9 Å². The Morgan fingerprint density at radius 1 is 1.35 bits per heavy atom. The van der Waals surface area contributed by atoms with Crippen molar-refractivity contribution in [3.8, 4) is 5.75 Å². The number of carbonyl (C=O) groups is 1. The third-order valence-corrected chi connectivity index (χ3v) is 3.64. The molecule has 1 aromatic heterocycles. The molecule has 1 amide bonds. The van der Waals surface area contributed by atoms with Crippen LogP contribution in [0.2, 0.25) is 5.02 Å². The van der Waals surface area contributed by atoms with Gasteiger partial charge in [-0.2, -0.15) is 5.10 Å². The van der Waals surface area contributed by atoms with E-state index in [9.17, 15) is 4.79 Å². The van der Waals surface area contributed by atoms with Gasteiger partial charge in [0.2, 0.25) is 0 Å². The van der Waals surface area contributed by atoms with Crippen LogP contribution < -0.4 is 10.2 Å². The summed E-state index contributed by atoms with van der Waals surface area (Å²) >= 11 is 7.32. The van der Waals surface area contributed by atoms with Crippen molar-refractivity contribution in [2.45, 2.75) is 6.92 Å². The lowest BCUT2D eigenvalue weighted by molar-refractivity contribution is -0.123. The topological polar surface area (TPSA) is 50.7 Å². The molecule has 0 aliphatic heterocycles. The number of thiophene rings is 1. The number of benzene rings is 1. The van der Waals surface area contributed by atoms with Crippen molar-refractivity contribution in [2.75, 3.05) is 6.61 Å². The molecule has 0 saturated heterocycles. The minimum absolute atomic E-state index is 0.0944. The van der Waals surface area contributed by atoms with E-state index in [4.69, 9.17) is 16.3 Å². The highest BCUT2D eigenvalue weighted by atomic mass is 35.5. The van der Waals surface area contributed by atoms with Gasteiger partial charge >= 0.3 is 0 Å². The summed E-state index contributed by atoms with van der Waals surface area (Å²) in [6, 6.07) is 10.7. The Kier molecular flexibility index (Phi) is 5.15. The number of amides is 1. The molecule has 0 spiro atoms. The average Bonchev–Trinajstić information content (AvgIpc) is 2.98. The molecule has 0 aliphatic carbocycles. The lowest BCUT2D eigenvalue weighted by Gasteiger charge is -2.05. The van der Waals surface area contributed by atoms with E-state index in [1.54, 1.807) is 35.6 Å². The molecule has 1 aromatic carbocycles. The zero-order valence-electron chi connectivity index (χ0n) is 10.8. The Morgan fingerprint density at radius 2 is 2.10 bits per heavy atom. The molecule has 2 rings (SSSR count). The van der Waals surface area contributed by atoms with E-state index in [1.165, 1.54) is 0 Å². The normalized spacial score (nSPS) is 11.2. The van der Waals surface area contributed by atoms with Gasteiger partial charge < -0.3 is 4.74 Å². The molecule has 20 heavy (non-hydrogen) atoms. The number of hydrazone groups is 1. The zero-order valence-corrected chi connectivity index (χ0v) is 12.4. The number of nitrogens with zero attached hydrogens (tertiary/aromatic N) is 1. The van der Waals surface area contributed by atoms with E-state index in [1.807, 2.05) is 24.4 Å². The van der Waals surface area contributed by atoms with Crippen molar-refractivity contribution in [1.29, 1.82) is 0 Å². The predicted octanol–water partition coefficient (Wildman–Crippen LogP) is 3.32. The largest absolute Gasteiger partial charge is 0.484 e. The van der Waals surface area contributed by atoms with E-state index < -0.39 is 0 Å². The van der Waals surface area contributed by atoms with Gasteiger partial charge in [-0.1, -0.05) is 17.7 Å². The Morgan fingerprint density at radius 3 is 2.75 bits per heavy atom. The zero-order chi connectivity index (χ0) is 14.4. The maximum atomic E-state index is 11.6. The van der Waals surface area contributed by atoms with E-state index in [0.717, 1.165) is 10.6 Å². The number of hydrogen-bond donors (Lipinski definition) is 1. The Balaban J connectivity index is 1.81. The monoisotopic (exact) mass is 308 g/mol. The third-order valence-electron chi connectivity index (χ3n) is 2.41. The molecule has 0 radical (unpaired) electrons. The highest BCUT2D eigenvalue weighted by Gasteiger charge is 2.03. The molecule has 6 heteroatoms. The van der Waals surface area contributed by atoms with Crippen LogP contribution in [0.1, 0.15) is 11.8 Å². The lowest BCUT2D eigenvalue weighted by Crippen LogP contribution is -2.25. The molecular formula is C14H13ClN2O2S. The number of halogens is 1. The summed E-state index contributed by atoms with van der Waals surface area (Å²) < 4.78 is 5.31. The van der Waals surface area contributed by atoms with Crippen LogP contribution in [-0.4, -0.2) is 18.2 Å². The predicted molar refractivity (Wildman–Crippen MR) is 81.6 cm³/mol. The number of ether oxygens (including phenoxy) is 1. The first kappa shape index (κ1) is 14.6. The van der Waals surface area contributed by atoms with Gasteiger partial charge in [-0.25, -0.2) is 5.43 Å². The summed E-state index contributed by atoms with van der Waals surface area (Å²) in [5, 5.41) is 6.60. The first-order chi connectivity index (χ1) is 9.65. The molecule has 0 unspecified atom stereocenters. The van der Waals surface area contributed by atoms with Gasteiger partial charge in [0.1, 0.15) is 5.75 Å². The SMILES string of the molecule is CC(=NNC(=O)COc1ccc(Cl)cc1)c1cccs1. The molecule has 0 fully saturated rings. The van der Waals surface area contributed by atoms with Gasteiger partial charge in [-0.15, -0.1) is 11.3 Å². The van der Waals surface area contributed by atoms with Gasteiger partial charge in [-0.05, 0) is 42.6 Å². The summed E-state index contributed by atoms with van der Waals surface area (Å²) in [5.41, 5.74) is 3.22. The van der Waals surface area contributed by atoms with Crippen molar-refractivity contribution in [3.63, 3.8) is 0 Å². The quantitative estimate of drug-likeness (QED) is 0.680. The first-order valence-electron chi connectivity index (χ1n) is 5.90. The Labute approximate surface area is 126 Å². The van der Waals surface area contributed by atoms with Crippen LogP contribution in [-0.2, 0) is 4.79 Å². The van der Waals surface area contributed by atoms with Gasteiger partial charge in [0.15, 0.2) is 6.61 Å². The smallest absolute Gasteiger partial charge is 0.277 e. The summed E-state index contributed by atoms with van der Waals surface area (Å²) in [7, 11) is 0. The highest BCUT2D eigenvalue weighted by molar-refractivity contribution is 7.12. The molecule has 0 saturated carbocycles. The van der Waals surface area contributed by atoms with Crippen LogP contribution in [0.25, 0.3) is 0 Å². The second kappa shape index (κ2) is 7.07. The number of nitrogens with one attached hydrogen (secondary N) is 1. The fourth-order valence-electron chi connectivity index (χ4n) is 1.40. The standard InChI is InChI=1S/C14H13ClN2O2S/c1-10(13-3-2-8-20-13)16-17-14(18)9-19-12-6-4-11(15)5-7-12/h2-8H,9H2,1H3,(H,17,18). The lowest BCUT2D eigenvalue weighted by atomic mass is 10.3. The fourth-order valence-corrected chi connectivity index (χ4v) is 2.20. The maximum Gasteiger partial charge on any atom is 0.277 e. The van der Waals surface area contributed by atoms with Gasteiger partial charge in [-0.3, -0.25) is 4.79 Å². The second-order valence-electron chi connectivity index (χ2n) is 3.95. The first-order valence-corrected chi connectivity index (χ1v) is 7.16. The van der Waals surface area contributed by atoms with Crippen LogP contribution in [0.5, 0.6) is 5.75 Å². The summed E-state index contributed by atoms with van der Waals surface area (Å²) in [6.07, 6.45) is 0. The molecule has 0 atom stereocenters. The number of rotatable bonds is 5. The minimum atomic E-state index is -0.309. The van der Waals surface area contributed by atoms with Crippen LogP contribution in [0, 0.1) is 0 Å². The van der Waals surface area contributed by atoms with Crippen LogP contribution in [0.4, 0.5) is 0 Å². The van der Waals surface area contributed by atoms with Crippen molar-refractivity contribution in [2.24, 2.45) is 5.10 Å². The van der Waals surface area contributed by atoms with E-state index in [-0.39, 0.29) is 12.5 Å². The Hall–Kier alpha value is -1.85. The summed E-state index contributed by atoms with van der Waals surface area (Å²) in [6.45, 7) is 1.75. The van der Waals surface area contributed by atoms with E-state index in [2.05, 4.69) is 10.5 Å². The fraction of sp³-hybridized carbons (Fsp3) is 0.143. The Bertz CT molecular complexity index is 594. The van der Waals surface area contributed by atoms with E-state index in [0.29, 0.717) is 10.8 Å². The molecule has 0 bridgehead atoms. The molecule has 104 valence electrons. The van der Waals surface area contributed by atoms with Gasteiger partial charge in [0.25, 0.3) is 5.91 Å². The second-order valence-corrected chi connectivity index (χ2v) is 5.34. The number of carbonyl (C=O) groups excluding carboxylic acids is 1. The summed E-state index contributed by atoms with van der Waals surface area (Å²) in [4.78, 5) is 12.6. The van der Waals surface area contributed by atoms with Gasteiger partial charge in [0, 0.05) is 9.90 Å². The molecule has 0 aliphatic rings. The van der Waals surface area contributed by atoms with Crippen molar-refractivity contribution in [1.82, 2.24) is 5.43 Å². The number of hydrogen-bond acceptors (Lipinski definition) is 4. The van der Waals surface area contributed by atoms with E-state index >= 15 is 0 Å². The van der Waals surface area contributed by atoms with Crippen molar-refractivity contribution >= 4 is 34.6 Å². The molecule has 4 nitrogen and oxygen atoms in total. The van der Waals surface area contributed by atoms with Crippen LogP contribution >= 0.6 is 22.9 Å². The van der Waals surface area contributed by atoms with Crippen molar-refractivity contribution < 1.29 is 9.53 Å². The highest BCUT2D eigenvalue weighted by Crippen LogP contribution is 2.15. The van der Waals surface area contributed by atoms with Crippen LogP contribution in [0.3, 0.4) is 0 Å². The molecule has 1 heterocycles. The minimum Gasteiger partial charge on any atom is -0.484 e. The third kappa shape index (κ3) is 4.36. The summed E-state index contributed by atoms with van der Waals surface area (Å²) in [5.74, 6) is 0.277.